The smallest absolute Gasteiger partial charge is 0.0931 e. The van der Waals surface area contributed by atoms with Gasteiger partial charge in [-0.2, -0.15) is 0 Å². The van der Waals surface area contributed by atoms with Crippen LogP contribution in [0.5, 0.6) is 0 Å². The van der Waals surface area contributed by atoms with Crippen LogP contribution in [-0.4, -0.2) is 24.0 Å². The van der Waals surface area contributed by atoms with Crippen molar-refractivity contribution in [3.63, 3.8) is 0 Å². The Labute approximate surface area is 100 Å². The van der Waals surface area contributed by atoms with Crippen LogP contribution in [-0.2, 0) is 0 Å². The quantitative estimate of drug-likeness (QED) is 0.883. The van der Waals surface area contributed by atoms with Crippen LogP contribution in [0.1, 0.15) is 30.7 Å². The number of hydrogen-bond acceptors (Lipinski definition) is 3. The Hall–Kier alpha value is -0.0900. The molecule has 1 aromatic rings. The van der Waals surface area contributed by atoms with Crippen molar-refractivity contribution in [3.8, 4) is 0 Å². The highest BCUT2D eigenvalue weighted by Gasteiger charge is 2.34. The Morgan fingerprint density at radius 2 is 2.20 bits per heavy atom. The fourth-order valence-corrected chi connectivity index (χ4v) is 3.36. The van der Waals surface area contributed by atoms with Crippen LogP contribution < -0.4 is 5.73 Å². The minimum absolute atomic E-state index is 0.144. The van der Waals surface area contributed by atoms with Gasteiger partial charge in [0.25, 0.3) is 0 Å². The number of thiophene rings is 1. The summed E-state index contributed by atoms with van der Waals surface area (Å²) >= 11 is 7.61. The fourth-order valence-electron chi connectivity index (χ4n) is 2.03. The van der Waals surface area contributed by atoms with E-state index in [1.54, 1.807) is 11.3 Å². The van der Waals surface area contributed by atoms with Crippen molar-refractivity contribution in [2.24, 2.45) is 5.73 Å². The summed E-state index contributed by atoms with van der Waals surface area (Å²) in [5.74, 6) is 0. The third kappa shape index (κ3) is 2.53. The zero-order valence-electron chi connectivity index (χ0n) is 9.11. The molecule has 1 aliphatic carbocycles. The molecule has 2 N–H and O–H groups in total. The van der Waals surface area contributed by atoms with Gasteiger partial charge in [-0.3, -0.25) is 4.90 Å². The van der Waals surface area contributed by atoms with Gasteiger partial charge in [-0.15, -0.1) is 11.3 Å². The van der Waals surface area contributed by atoms with E-state index in [4.69, 9.17) is 17.3 Å². The van der Waals surface area contributed by atoms with Crippen LogP contribution >= 0.6 is 22.9 Å². The van der Waals surface area contributed by atoms with Crippen molar-refractivity contribution in [1.82, 2.24) is 4.90 Å². The summed E-state index contributed by atoms with van der Waals surface area (Å²) in [5, 5.41) is 0. The third-order valence-electron chi connectivity index (χ3n) is 2.95. The molecule has 0 saturated heterocycles. The van der Waals surface area contributed by atoms with Gasteiger partial charge in [0.2, 0.25) is 0 Å². The number of likely N-dealkylation sites (N-methyl/N-ethyl adjacent to an activating group) is 1. The van der Waals surface area contributed by atoms with Gasteiger partial charge in [0.15, 0.2) is 0 Å². The highest BCUT2D eigenvalue weighted by atomic mass is 35.5. The lowest BCUT2D eigenvalue weighted by atomic mass is 10.1. The van der Waals surface area contributed by atoms with Gasteiger partial charge in [0.05, 0.1) is 10.4 Å². The van der Waals surface area contributed by atoms with Gasteiger partial charge >= 0.3 is 0 Å². The molecule has 2 unspecified atom stereocenters. The highest BCUT2D eigenvalue weighted by molar-refractivity contribution is 7.16. The first-order valence-electron chi connectivity index (χ1n) is 5.32. The Kier molecular flexibility index (Phi) is 3.36. The molecule has 1 aliphatic rings. The summed E-state index contributed by atoms with van der Waals surface area (Å²) in [6, 6.07) is 5.24. The van der Waals surface area contributed by atoms with Crippen molar-refractivity contribution in [2.75, 3.05) is 7.05 Å². The van der Waals surface area contributed by atoms with Crippen LogP contribution in [0, 0.1) is 0 Å². The summed E-state index contributed by atoms with van der Waals surface area (Å²) < 4.78 is 0.847. The summed E-state index contributed by atoms with van der Waals surface area (Å²) in [5.41, 5.74) is 6.07. The molecule has 1 aromatic heterocycles. The van der Waals surface area contributed by atoms with E-state index in [0.29, 0.717) is 6.04 Å². The lowest BCUT2D eigenvalue weighted by molar-refractivity contribution is 0.213. The highest BCUT2D eigenvalue weighted by Crippen LogP contribution is 2.37. The van der Waals surface area contributed by atoms with Crippen LogP contribution in [0.3, 0.4) is 0 Å². The van der Waals surface area contributed by atoms with Gasteiger partial charge in [-0.1, -0.05) is 11.6 Å². The predicted octanol–water partition coefficient (Wildman–Crippen LogP) is 2.88. The molecular formula is C11H17ClN2S. The average molecular weight is 245 g/mol. The molecule has 2 atom stereocenters. The normalized spacial score (nSPS) is 20.6. The van der Waals surface area contributed by atoms with Gasteiger partial charge < -0.3 is 5.73 Å². The van der Waals surface area contributed by atoms with Crippen molar-refractivity contribution in [3.05, 3.63) is 21.3 Å². The average Bonchev–Trinajstić information content (AvgIpc) is 2.91. The fraction of sp³-hybridized carbons (Fsp3) is 0.636. The van der Waals surface area contributed by atoms with Crippen molar-refractivity contribution < 1.29 is 0 Å². The zero-order chi connectivity index (χ0) is 11.0. The maximum atomic E-state index is 6.07. The van der Waals surface area contributed by atoms with E-state index < -0.39 is 0 Å². The molecule has 84 valence electrons. The second-order valence-corrected chi connectivity index (χ2v) is 6.09. The summed E-state index contributed by atoms with van der Waals surface area (Å²) in [6.45, 7) is 2.07. The first-order valence-corrected chi connectivity index (χ1v) is 6.52. The van der Waals surface area contributed by atoms with E-state index in [1.807, 2.05) is 6.07 Å². The van der Waals surface area contributed by atoms with E-state index in [0.717, 1.165) is 10.4 Å². The van der Waals surface area contributed by atoms with E-state index in [2.05, 4.69) is 24.9 Å². The molecule has 0 aromatic carbocycles. The minimum Gasteiger partial charge on any atom is -0.326 e. The second kappa shape index (κ2) is 4.42. The molecular weight excluding hydrogens is 228 g/mol. The molecule has 0 bridgehead atoms. The van der Waals surface area contributed by atoms with Gasteiger partial charge in [0, 0.05) is 17.0 Å². The number of rotatable bonds is 4. The van der Waals surface area contributed by atoms with E-state index >= 15 is 0 Å². The number of nitrogens with zero attached hydrogens (tertiary/aromatic N) is 1. The van der Waals surface area contributed by atoms with Crippen LogP contribution in [0.25, 0.3) is 0 Å². The largest absolute Gasteiger partial charge is 0.326 e. The molecule has 4 heteroatoms. The molecule has 0 spiro atoms. The standard InChI is InChI=1S/C11H17ClN2S/c1-7(13)11(14(2)8-3-4-8)9-5-6-10(12)15-9/h5-8,11H,3-4,13H2,1-2H3. The number of halogens is 1. The Balaban J connectivity index is 2.18. The third-order valence-corrected chi connectivity index (χ3v) is 4.25. The summed E-state index contributed by atoms with van der Waals surface area (Å²) in [7, 11) is 2.17. The number of nitrogens with two attached hydrogens (primary N) is 1. The summed E-state index contributed by atoms with van der Waals surface area (Å²) in [4.78, 5) is 3.68. The van der Waals surface area contributed by atoms with Crippen LogP contribution in [0.4, 0.5) is 0 Å². The number of hydrogen-bond donors (Lipinski definition) is 1. The second-order valence-electron chi connectivity index (χ2n) is 4.34. The van der Waals surface area contributed by atoms with Crippen LogP contribution in [0.2, 0.25) is 4.34 Å². The van der Waals surface area contributed by atoms with Gasteiger partial charge in [-0.25, -0.2) is 0 Å². The summed E-state index contributed by atoms with van der Waals surface area (Å²) in [6.07, 6.45) is 2.61. The van der Waals surface area contributed by atoms with Crippen molar-refractivity contribution in [2.45, 2.75) is 37.9 Å². The molecule has 1 saturated carbocycles. The molecule has 0 aliphatic heterocycles. The zero-order valence-corrected chi connectivity index (χ0v) is 10.7. The molecule has 2 rings (SSSR count). The van der Waals surface area contributed by atoms with E-state index in [9.17, 15) is 0 Å². The molecule has 15 heavy (non-hydrogen) atoms. The first-order chi connectivity index (χ1) is 7.09. The van der Waals surface area contributed by atoms with Crippen molar-refractivity contribution >= 4 is 22.9 Å². The molecule has 0 amide bonds. The minimum atomic E-state index is 0.144. The monoisotopic (exact) mass is 244 g/mol. The molecule has 1 fully saturated rings. The topological polar surface area (TPSA) is 29.3 Å². The molecule has 2 nitrogen and oxygen atoms in total. The van der Waals surface area contributed by atoms with Gasteiger partial charge in [-0.05, 0) is 38.9 Å². The Bertz CT molecular complexity index is 333. The predicted molar refractivity (Wildman–Crippen MR) is 66.5 cm³/mol. The van der Waals surface area contributed by atoms with Crippen LogP contribution in [0.15, 0.2) is 12.1 Å². The van der Waals surface area contributed by atoms with E-state index in [-0.39, 0.29) is 6.04 Å². The lowest BCUT2D eigenvalue weighted by Gasteiger charge is -2.30. The van der Waals surface area contributed by atoms with Crippen molar-refractivity contribution in [1.29, 1.82) is 0 Å². The maximum absolute atomic E-state index is 6.07. The maximum Gasteiger partial charge on any atom is 0.0931 e. The first kappa shape index (κ1) is 11.4. The SMILES string of the molecule is CC(N)C(c1ccc(Cl)s1)N(C)C1CC1. The lowest BCUT2D eigenvalue weighted by Crippen LogP contribution is -2.37. The molecule has 1 heterocycles. The van der Waals surface area contributed by atoms with Gasteiger partial charge in [0.1, 0.15) is 0 Å². The van der Waals surface area contributed by atoms with E-state index in [1.165, 1.54) is 17.7 Å². The molecule has 0 radical (unpaired) electrons. The Morgan fingerprint density at radius 3 is 2.60 bits per heavy atom. The Morgan fingerprint density at radius 1 is 1.53 bits per heavy atom.